The van der Waals surface area contributed by atoms with Gasteiger partial charge in [-0.25, -0.2) is 0 Å². The van der Waals surface area contributed by atoms with Gasteiger partial charge in [-0.05, 0) is 36.3 Å². The second kappa shape index (κ2) is 6.17. The number of nitrogens with zero attached hydrogens (tertiary/aromatic N) is 1. The van der Waals surface area contributed by atoms with E-state index in [9.17, 15) is 0 Å². The van der Waals surface area contributed by atoms with Crippen LogP contribution < -0.4 is 0 Å². The Morgan fingerprint density at radius 2 is 1.90 bits per heavy atom. The Hall–Kier alpha value is -1.02. The molecule has 2 aromatic rings. The third-order valence-corrected chi connectivity index (χ3v) is 5.36. The minimum absolute atomic E-state index is 0.119. The molecule has 0 fully saturated rings. The topological polar surface area (TPSA) is 12.9 Å². The van der Waals surface area contributed by atoms with Crippen LogP contribution in [-0.2, 0) is 5.41 Å². The molecule has 0 amide bonds. The molecular formula is C18H25NS. The molecule has 1 nitrogen and oxygen atoms in total. The molecule has 108 valence electrons. The highest BCUT2D eigenvalue weighted by atomic mass is 32.2. The molecule has 0 saturated carbocycles. The van der Waals surface area contributed by atoms with E-state index >= 15 is 0 Å². The van der Waals surface area contributed by atoms with Gasteiger partial charge in [0.25, 0.3) is 0 Å². The smallest absolute Gasteiger partial charge is 0.0708 e. The predicted octanol–water partition coefficient (Wildman–Crippen LogP) is 5.21. The van der Waals surface area contributed by atoms with E-state index in [-0.39, 0.29) is 5.41 Å². The van der Waals surface area contributed by atoms with Gasteiger partial charge in [0.1, 0.15) is 0 Å². The Kier molecular flexibility index (Phi) is 4.74. The molecule has 1 aromatic carbocycles. The summed E-state index contributed by atoms with van der Waals surface area (Å²) in [5, 5.41) is 1.27. The molecule has 0 atom stereocenters. The maximum Gasteiger partial charge on any atom is 0.0708 e. The number of benzene rings is 1. The Bertz CT molecular complexity index is 587. The van der Waals surface area contributed by atoms with E-state index in [1.165, 1.54) is 22.4 Å². The van der Waals surface area contributed by atoms with Crippen molar-refractivity contribution in [2.75, 3.05) is 11.5 Å². The van der Waals surface area contributed by atoms with Crippen molar-refractivity contribution in [2.45, 2.75) is 40.0 Å². The molecule has 1 heterocycles. The largest absolute Gasteiger partial charge is 0.252 e. The zero-order valence-electron chi connectivity index (χ0n) is 13.2. The highest BCUT2D eigenvalue weighted by Crippen LogP contribution is 2.29. The molecule has 0 bridgehead atoms. The van der Waals surface area contributed by atoms with Crippen molar-refractivity contribution < 1.29 is 0 Å². The first-order valence-electron chi connectivity index (χ1n) is 7.35. The van der Waals surface area contributed by atoms with Gasteiger partial charge < -0.3 is 0 Å². The molecule has 0 N–H and O–H groups in total. The van der Waals surface area contributed by atoms with Gasteiger partial charge in [-0.1, -0.05) is 45.9 Å². The van der Waals surface area contributed by atoms with Gasteiger partial charge in [-0.15, -0.1) is 0 Å². The van der Waals surface area contributed by atoms with E-state index in [2.05, 4.69) is 65.0 Å². The van der Waals surface area contributed by atoms with E-state index in [1.807, 2.05) is 11.8 Å². The lowest BCUT2D eigenvalue weighted by molar-refractivity contribution is 0.581. The van der Waals surface area contributed by atoms with E-state index in [0.717, 1.165) is 17.2 Å². The summed E-state index contributed by atoms with van der Waals surface area (Å²) >= 11 is 2.03. The van der Waals surface area contributed by atoms with Gasteiger partial charge in [-0.3, -0.25) is 4.98 Å². The van der Waals surface area contributed by atoms with Crippen LogP contribution in [0.5, 0.6) is 0 Å². The van der Waals surface area contributed by atoms with Crippen LogP contribution in [0.4, 0.5) is 0 Å². The van der Waals surface area contributed by atoms with Gasteiger partial charge in [-0.2, -0.15) is 11.8 Å². The minimum Gasteiger partial charge on any atom is -0.252 e. The van der Waals surface area contributed by atoms with Crippen LogP contribution in [-0.4, -0.2) is 16.5 Å². The maximum atomic E-state index is 4.89. The van der Waals surface area contributed by atoms with Crippen LogP contribution in [0.3, 0.4) is 0 Å². The second-order valence-corrected chi connectivity index (χ2v) is 7.66. The first-order valence-corrected chi connectivity index (χ1v) is 8.50. The molecule has 2 rings (SSSR count). The maximum absolute atomic E-state index is 4.89. The zero-order chi connectivity index (χ0) is 14.8. The van der Waals surface area contributed by atoms with Crippen molar-refractivity contribution in [2.24, 2.45) is 5.92 Å². The first kappa shape index (κ1) is 15.4. The van der Waals surface area contributed by atoms with Crippen LogP contribution in [0.25, 0.3) is 10.9 Å². The number of para-hydroxylation sites is 1. The predicted molar refractivity (Wildman–Crippen MR) is 91.7 cm³/mol. The molecule has 0 aliphatic carbocycles. The molecule has 20 heavy (non-hydrogen) atoms. The standard InChI is InChI=1S/C18H25NS/c1-13(2)11-20-12-18(4,5)17-10-14(3)15-8-6-7-9-16(15)19-17/h6-10,13H,11-12H2,1-5H3. The summed E-state index contributed by atoms with van der Waals surface area (Å²) < 4.78 is 0. The van der Waals surface area contributed by atoms with Crippen molar-refractivity contribution in [1.29, 1.82) is 0 Å². The van der Waals surface area contributed by atoms with E-state index in [1.54, 1.807) is 0 Å². The highest BCUT2D eigenvalue weighted by molar-refractivity contribution is 7.99. The van der Waals surface area contributed by atoms with E-state index in [0.29, 0.717) is 0 Å². The number of hydrogen-bond acceptors (Lipinski definition) is 2. The lowest BCUT2D eigenvalue weighted by Gasteiger charge is -2.25. The summed E-state index contributed by atoms with van der Waals surface area (Å²) in [6.45, 7) is 11.3. The van der Waals surface area contributed by atoms with Gasteiger partial charge >= 0.3 is 0 Å². The second-order valence-electron chi connectivity index (χ2n) is 6.63. The van der Waals surface area contributed by atoms with E-state index in [4.69, 9.17) is 4.98 Å². The molecule has 0 aliphatic rings. The van der Waals surface area contributed by atoms with Gasteiger partial charge in [0, 0.05) is 22.2 Å². The van der Waals surface area contributed by atoms with Crippen molar-refractivity contribution in [3.8, 4) is 0 Å². The molecule has 2 heteroatoms. The highest BCUT2D eigenvalue weighted by Gasteiger charge is 2.23. The van der Waals surface area contributed by atoms with Crippen LogP contribution in [0.1, 0.15) is 39.0 Å². The average molecular weight is 287 g/mol. The first-order chi connectivity index (χ1) is 9.40. The zero-order valence-corrected chi connectivity index (χ0v) is 14.1. The Morgan fingerprint density at radius 3 is 2.60 bits per heavy atom. The molecule has 0 spiro atoms. The third-order valence-electron chi connectivity index (χ3n) is 3.53. The van der Waals surface area contributed by atoms with Crippen molar-refractivity contribution in [3.63, 3.8) is 0 Å². The molecular weight excluding hydrogens is 262 g/mol. The van der Waals surface area contributed by atoms with E-state index < -0.39 is 0 Å². The van der Waals surface area contributed by atoms with Crippen LogP contribution >= 0.6 is 11.8 Å². The van der Waals surface area contributed by atoms with Crippen LogP contribution in [0, 0.1) is 12.8 Å². The third kappa shape index (κ3) is 3.54. The fraction of sp³-hybridized carbons (Fsp3) is 0.500. The number of aromatic nitrogens is 1. The number of pyridine rings is 1. The van der Waals surface area contributed by atoms with Crippen LogP contribution in [0.15, 0.2) is 30.3 Å². The Balaban J connectivity index is 2.27. The summed E-state index contributed by atoms with van der Waals surface area (Å²) in [6.07, 6.45) is 0. The Labute approximate surface area is 127 Å². The average Bonchev–Trinajstić information content (AvgIpc) is 2.38. The number of hydrogen-bond donors (Lipinski definition) is 0. The van der Waals surface area contributed by atoms with Crippen LogP contribution in [0.2, 0.25) is 0 Å². The lowest BCUT2D eigenvalue weighted by atomic mass is 9.89. The quantitative estimate of drug-likeness (QED) is 0.748. The van der Waals surface area contributed by atoms with Crippen molar-refractivity contribution >= 4 is 22.7 Å². The molecule has 0 saturated heterocycles. The SMILES string of the molecule is Cc1cc(C(C)(C)CSCC(C)C)nc2ccccc12. The van der Waals surface area contributed by atoms with Gasteiger partial charge in [0.05, 0.1) is 5.52 Å². The van der Waals surface area contributed by atoms with Crippen molar-refractivity contribution in [3.05, 3.63) is 41.6 Å². The fourth-order valence-corrected chi connectivity index (χ4v) is 3.57. The summed E-state index contributed by atoms with van der Waals surface area (Å²) in [4.78, 5) is 4.89. The monoisotopic (exact) mass is 287 g/mol. The summed E-state index contributed by atoms with van der Waals surface area (Å²) in [6, 6.07) is 10.7. The fourth-order valence-electron chi connectivity index (χ4n) is 2.32. The molecule has 1 aromatic heterocycles. The summed E-state index contributed by atoms with van der Waals surface area (Å²) in [5.41, 5.74) is 3.77. The number of thioether (sulfide) groups is 1. The number of fused-ring (bicyclic) bond motifs is 1. The molecule has 0 aliphatic heterocycles. The number of aryl methyl sites for hydroxylation is 1. The molecule has 0 unspecified atom stereocenters. The lowest BCUT2D eigenvalue weighted by Crippen LogP contribution is -2.23. The summed E-state index contributed by atoms with van der Waals surface area (Å²) in [5.74, 6) is 3.09. The van der Waals surface area contributed by atoms with Crippen molar-refractivity contribution in [1.82, 2.24) is 4.98 Å². The molecule has 0 radical (unpaired) electrons. The normalized spacial score (nSPS) is 12.3. The Morgan fingerprint density at radius 1 is 1.20 bits per heavy atom. The number of rotatable bonds is 5. The van der Waals surface area contributed by atoms with Gasteiger partial charge in [0.2, 0.25) is 0 Å². The minimum atomic E-state index is 0.119. The summed E-state index contributed by atoms with van der Waals surface area (Å²) in [7, 11) is 0. The van der Waals surface area contributed by atoms with Gasteiger partial charge in [0.15, 0.2) is 0 Å².